The first-order chi connectivity index (χ1) is 9.69. The molecule has 0 aromatic heterocycles. The van der Waals surface area contributed by atoms with E-state index in [1.807, 2.05) is 30.3 Å². The van der Waals surface area contributed by atoms with Crippen LogP contribution >= 0.6 is 11.6 Å². The number of halogens is 1. The van der Waals surface area contributed by atoms with Gasteiger partial charge in [-0.1, -0.05) is 24.3 Å². The number of rotatable bonds is 5. The summed E-state index contributed by atoms with van der Waals surface area (Å²) in [4.78, 5) is 11.1. The molecule has 0 spiro atoms. The van der Waals surface area contributed by atoms with E-state index in [1.165, 1.54) is 5.56 Å². The van der Waals surface area contributed by atoms with Gasteiger partial charge in [0.15, 0.2) is 0 Å². The summed E-state index contributed by atoms with van der Waals surface area (Å²) in [6, 6.07) is 15.3. The van der Waals surface area contributed by atoms with Crippen LogP contribution in [0.3, 0.4) is 0 Å². The van der Waals surface area contributed by atoms with Gasteiger partial charge in [0, 0.05) is 5.69 Å². The molecule has 0 fully saturated rings. The molecule has 2 aromatic rings. The van der Waals surface area contributed by atoms with Crippen molar-refractivity contribution in [3.05, 3.63) is 59.7 Å². The second-order valence-electron chi connectivity index (χ2n) is 4.42. The predicted octanol–water partition coefficient (Wildman–Crippen LogP) is 3.75. The highest BCUT2D eigenvalue weighted by molar-refractivity contribution is 6.29. The van der Waals surface area contributed by atoms with Gasteiger partial charge in [0.05, 0.1) is 0 Å². The lowest BCUT2D eigenvalue weighted by atomic mass is 10.1. The molecule has 0 saturated heterocycles. The van der Waals surface area contributed by atoms with Crippen molar-refractivity contribution in [1.82, 2.24) is 0 Å². The van der Waals surface area contributed by atoms with Crippen LogP contribution < -0.4 is 10.1 Å². The molecule has 0 unspecified atom stereocenters. The van der Waals surface area contributed by atoms with E-state index in [-0.39, 0.29) is 11.8 Å². The lowest BCUT2D eigenvalue weighted by Gasteiger charge is -2.09. The van der Waals surface area contributed by atoms with Crippen LogP contribution in [-0.4, -0.2) is 11.8 Å². The number of anilines is 1. The Kier molecular flexibility index (Phi) is 5.02. The maximum absolute atomic E-state index is 11.1. The largest absolute Gasteiger partial charge is 0.489 e. The van der Waals surface area contributed by atoms with Crippen LogP contribution in [0, 0.1) is 6.92 Å². The van der Waals surface area contributed by atoms with Crippen LogP contribution in [0.2, 0.25) is 0 Å². The van der Waals surface area contributed by atoms with Crippen molar-refractivity contribution in [3.63, 3.8) is 0 Å². The Morgan fingerprint density at radius 1 is 1.15 bits per heavy atom. The number of nitrogens with one attached hydrogen (secondary N) is 1. The highest BCUT2D eigenvalue weighted by Crippen LogP contribution is 2.18. The minimum atomic E-state index is -0.222. The minimum Gasteiger partial charge on any atom is -0.489 e. The molecule has 0 aliphatic heterocycles. The summed E-state index contributed by atoms with van der Waals surface area (Å²) in [5.41, 5.74) is 3.07. The zero-order chi connectivity index (χ0) is 14.4. The van der Waals surface area contributed by atoms with Crippen molar-refractivity contribution in [2.45, 2.75) is 13.5 Å². The fourth-order valence-corrected chi connectivity index (χ4v) is 1.83. The molecular formula is C16H16ClNO2. The number of ether oxygens (including phenoxy) is 1. The van der Waals surface area contributed by atoms with Crippen molar-refractivity contribution in [3.8, 4) is 5.75 Å². The first-order valence-electron chi connectivity index (χ1n) is 6.32. The van der Waals surface area contributed by atoms with Crippen molar-refractivity contribution >= 4 is 23.2 Å². The molecule has 0 saturated carbocycles. The third-order valence-electron chi connectivity index (χ3n) is 2.92. The Morgan fingerprint density at radius 3 is 2.50 bits per heavy atom. The number of aryl methyl sites for hydroxylation is 1. The van der Waals surface area contributed by atoms with Crippen LogP contribution in [0.15, 0.2) is 48.5 Å². The van der Waals surface area contributed by atoms with Gasteiger partial charge < -0.3 is 10.1 Å². The maximum Gasteiger partial charge on any atom is 0.239 e. The van der Waals surface area contributed by atoms with Crippen molar-refractivity contribution in [2.75, 3.05) is 11.2 Å². The summed E-state index contributed by atoms with van der Waals surface area (Å²) in [7, 11) is 0. The number of hydrogen-bond acceptors (Lipinski definition) is 2. The van der Waals surface area contributed by atoms with Crippen LogP contribution in [0.25, 0.3) is 0 Å². The number of alkyl halides is 1. The molecule has 2 rings (SSSR count). The van der Waals surface area contributed by atoms with Gasteiger partial charge in [-0.05, 0) is 42.3 Å². The zero-order valence-corrected chi connectivity index (χ0v) is 12.0. The summed E-state index contributed by atoms with van der Waals surface area (Å²) in [6.07, 6.45) is 0. The highest BCUT2D eigenvalue weighted by atomic mass is 35.5. The minimum absolute atomic E-state index is 0.0501. The first kappa shape index (κ1) is 14.4. The molecule has 2 aromatic carbocycles. The van der Waals surface area contributed by atoms with Crippen molar-refractivity contribution in [1.29, 1.82) is 0 Å². The monoisotopic (exact) mass is 289 g/mol. The van der Waals surface area contributed by atoms with Crippen LogP contribution in [0.1, 0.15) is 11.1 Å². The van der Waals surface area contributed by atoms with E-state index in [1.54, 1.807) is 12.1 Å². The van der Waals surface area contributed by atoms with Gasteiger partial charge in [-0.15, -0.1) is 11.6 Å². The molecule has 0 radical (unpaired) electrons. The predicted molar refractivity (Wildman–Crippen MR) is 81.3 cm³/mol. The van der Waals surface area contributed by atoms with Gasteiger partial charge in [-0.3, -0.25) is 4.79 Å². The molecule has 0 bridgehead atoms. The number of carbonyl (C=O) groups is 1. The summed E-state index contributed by atoms with van der Waals surface area (Å²) in [6.45, 7) is 2.59. The summed E-state index contributed by atoms with van der Waals surface area (Å²) in [5, 5.41) is 2.68. The third kappa shape index (κ3) is 4.00. The average molecular weight is 290 g/mol. The Labute approximate surface area is 123 Å². The number of carbonyl (C=O) groups excluding carboxylic acids is 1. The molecule has 0 heterocycles. The van der Waals surface area contributed by atoms with Gasteiger partial charge in [0.2, 0.25) is 5.91 Å². The van der Waals surface area contributed by atoms with Gasteiger partial charge in [0.1, 0.15) is 18.2 Å². The maximum atomic E-state index is 11.1. The standard InChI is InChI=1S/C16H16ClNO2/c1-12-4-2-3-5-13(12)11-20-15-8-6-14(7-9-15)18-16(19)10-17/h2-9H,10-11H2,1H3,(H,18,19). The topological polar surface area (TPSA) is 38.3 Å². The van der Waals surface area contributed by atoms with E-state index in [0.717, 1.165) is 11.3 Å². The van der Waals surface area contributed by atoms with E-state index in [9.17, 15) is 4.79 Å². The van der Waals surface area contributed by atoms with Crippen molar-refractivity contribution in [2.24, 2.45) is 0 Å². The average Bonchev–Trinajstić information content (AvgIpc) is 2.48. The molecule has 104 valence electrons. The molecule has 0 aliphatic carbocycles. The number of amides is 1. The van der Waals surface area contributed by atoms with E-state index >= 15 is 0 Å². The van der Waals surface area contributed by atoms with Gasteiger partial charge >= 0.3 is 0 Å². The van der Waals surface area contributed by atoms with E-state index < -0.39 is 0 Å². The normalized spacial score (nSPS) is 10.1. The van der Waals surface area contributed by atoms with Crippen LogP contribution in [-0.2, 0) is 11.4 Å². The fraction of sp³-hybridized carbons (Fsp3) is 0.188. The Hall–Kier alpha value is -2.00. The zero-order valence-electron chi connectivity index (χ0n) is 11.2. The summed E-state index contributed by atoms with van der Waals surface area (Å²) in [5.74, 6) is 0.489. The quantitative estimate of drug-likeness (QED) is 0.851. The first-order valence-corrected chi connectivity index (χ1v) is 6.85. The molecule has 4 heteroatoms. The Morgan fingerprint density at radius 2 is 1.85 bits per heavy atom. The lowest BCUT2D eigenvalue weighted by Crippen LogP contribution is -2.12. The van der Waals surface area contributed by atoms with Gasteiger partial charge in [-0.2, -0.15) is 0 Å². The molecule has 0 atom stereocenters. The van der Waals surface area contributed by atoms with Crippen molar-refractivity contribution < 1.29 is 9.53 Å². The lowest BCUT2D eigenvalue weighted by molar-refractivity contribution is -0.113. The van der Waals surface area contributed by atoms with Crippen LogP contribution in [0.4, 0.5) is 5.69 Å². The third-order valence-corrected chi connectivity index (χ3v) is 3.16. The second kappa shape index (κ2) is 6.96. The molecule has 1 N–H and O–H groups in total. The fourth-order valence-electron chi connectivity index (χ4n) is 1.76. The molecular weight excluding hydrogens is 274 g/mol. The highest BCUT2D eigenvalue weighted by Gasteiger charge is 2.01. The SMILES string of the molecule is Cc1ccccc1COc1ccc(NC(=O)CCl)cc1. The Bertz CT molecular complexity index is 581. The molecule has 20 heavy (non-hydrogen) atoms. The summed E-state index contributed by atoms with van der Waals surface area (Å²) >= 11 is 5.43. The van der Waals surface area contributed by atoms with Gasteiger partial charge in [-0.25, -0.2) is 0 Å². The Balaban J connectivity index is 1.94. The summed E-state index contributed by atoms with van der Waals surface area (Å²) < 4.78 is 5.72. The van der Waals surface area contributed by atoms with E-state index in [0.29, 0.717) is 12.3 Å². The second-order valence-corrected chi connectivity index (χ2v) is 4.69. The smallest absolute Gasteiger partial charge is 0.239 e. The molecule has 3 nitrogen and oxygen atoms in total. The number of hydrogen-bond donors (Lipinski definition) is 1. The number of benzene rings is 2. The van der Waals surface area contributed by atoms with Gasteiger partial charge in [0.25, 0.3) is 0 Å². The molecule has 1 amide bonds. The molecule has 0 aliphatic rings. The van der Waals surface area contributed by atoms with E-state index in [4.69, 9.17) is 16.3 Å². The van der Waals surface area contributed by atoms with E-state index in [2.05, 4.69) is 18.3 Å². The van der Waals surface area contributed by atoms with Crippen LogP contribution in [0.5, 0.6) is 5.75 Å².